The SMILES string of the molecule is FC(F)Oc1ccc(Nc2cncc(-n3c(C(F)(F)F)nc4ccccc43)n2)cc1. The Balaban J connectivity index is 1.69. The Morgan fingerprint density at radius 2 is 1.67 bits per heavy atom. The first kappa shape index (κ1) is 19.6. The first-order chi connectivity index (χ1) is 14.3. The molecule has 11 heteroatoms. The summed E-state index contributed by atoms with van der Waals surface area (Å²) in [7, 11) is 0. The normalized spacial score (nSPS) is 11.8. The molecule has 0 unspecified atom stereocenters. The number of fused-ring (bicyclic) bond motifs is 1. The Morgan fingerprint density at radius 3 is 2.37 bits per heavy atom. The number of hydrogen-bond acceptors (Lipinski definition) is 5. The molecule has 0 atom stereocenters. The molecule has 30 heavy (non-hydrogen) atoms. The van der Waals surface area contributed by atoms with Crippen molar-refractivity contribution < 1.29 is 26.7 Å². The molecule has 4 aromatic rings. The van der Waals surface area contributed by atoms with Crippen LogP contribution in [0.3, 0.4) is 0 Å². The van der Waals surface area contributed by atoms with Gasteiger partial charge in [-0.3, -0.25) is 9.55 Å². The predicted molar refractivity (Wildman–Crippen MR) is 98.0 cm³/mol. The highest BCUT2D eigenvalue weighted by Gasteiger charge is 2.38. The lowest BCUT2D eigenvalue weighted by Gasteiger charge is -2.12. The van der Waals surface area contributed by atoms with Gasteiger partial charge in [0.1, 0.15) is 5.75 Å². The molecule has 4 rings (SSSR count). The van der Waals surface area contributed by atoms with E-state index >= 15 is 0 Å². The first-order valence-corrected chi connectivity index (χ1v) is 8.50. The van der Waals surface area contributed by atoms with Crippen molar-refractivity contribution >= 4 is 22.5 Å². The van der Waals surface area contributed by atoms with Gasteiger partial charge in [0, 0.05) is 5.69 Å². The van der Waals surface area contributed by atoms with Gasteiger partial charge in [-0.05, 0) is 36.4 Å². The largest absolute Gasteiger partial charge is 0.450 e. The van der Waals surface area contributed by atoms with Crippen LogP contribution in [0.25, 0.3) is 16.9 Å². The van der Waals surface area contributed by atoms with Crippen molar-refractivity contribution in [1.82, 2.24) is 19.5 Å². The second kappa shape index (κ2) is 7.58. The summed E-state index contributed by atoms with van der Waals surface area (Å²) in [5.41, 5.74) is 0.846. The van der Waals surface area contributed by atoms with Crippen molar-refractivity contribution in [3.05, 3.63) is 66.7 Å². The number of benzene rings is 2. The van der Waals surface area contributed by atoms with Gasteiger partial charge in [-0.1, -0.05) is 12.1 Å². The third-order valence-corrected chi connectivity index (χ3v) is 4.02. The van der Waals surface area contributed by atoms with Gasteiger partial charge in [-0.2, -0.15) is 22.0 Å². The van der Waals surface area contributed by atoms with Crippen LogP contribution in [-0.4, -0.2) is 26.1 Å². The minimum atomic E-state index is -4.70. The molecule has 0 bridgehead atoms. The molecular formula is C19H12F5N5O. The molecule has 0 aliphatic rings. The molecule has 0 saturated carbocycles. The Kier molecular flexibility index (Phi) is 4.94. The number of hydrogen-bond donors (Lipinski definition) is 1. The molecule has 0 aliphatic carbocycles. The lowest BCUT2D eigenvalue weighted by Crippen LogP contribution is -2.15. The van der Waals surface area contributed by atoms with Crippen molar-refractivity contribution in [1.29, 1.82) is 0 Å². The number of imidazole rings is 1. The molecule has 0 fully saturated rings. The molecule has 154 valence electrons. The van der Waals surface area contributed by atoms with Crippen LogP contribution in [0.4, 0.5) is 33.5 Å². The van der Waals surface area contributed by atoms with E-state index in [0.717, 1.165) is 4.57 Å². The molecule has 2 heterocycles. The fourth-order valence-electron chi connectivity index (χ4n) is 2.84. The van der Waals surface area contributed by atoms with E-state index in [9.17, 15) is 22.0 Å². The molecule has 1 N–H and O–H groups in total. The summed E-state index contributed by atoms with van der Waals surface area (Å²) < 4.78 is 70.2. The number of rotatable bonds is 5. The smallest absolute Gasteiger partial charge is 0.435 e. The highest BCUT2D eigenvalue weighted by atomic mass is 19.4. The maximum atomic E-state index is 13.5. The number of anilines is 2. The quantitative estimate of drug-likeness (QED) is 0.450. The average molecular weight is 421 g/mol. The summed E-state index contributed by atoms with van der Waals surface area (Å²) in [6, 6.07) is 11.7. The highest BCUT2D eigenvalue weighted by molar-refractivity contribution is 5.78. The molecule has 0 aliphatic heterocycles. The monoisotopic (exact) mass is 421 g/mol. The van der Waals surface area contributed by atoms with Crippen LogP contribution in [0.1, 0.15) is 5.82 Å². The average Bonchev–Trinajstić information content (AvgIpc) is 3.10. The number of nitrogens with one attached hydrogen (secondary N) is 1. The van der Waals surface area contributed by atoms with Gasteiger partial charge in [0.25, 0.3) is 0 Å². The number of ether oxygens (including phenoxy) is 1. The van der Waals surface area contributed by atoms with Crippen LogP contribution < -0.4 is 10.1 Å². The van der Waals surface area contributed by atoms with E-state index < -0.39 is 18.6 Å². The second-order valence-electron chi connectivity index (χ2n) is 6.05. The van der Waals surface area contributed by atoms with Crippen LogP contribution >= 0.6 is 0 Å². The molecule has 0 radical (unpaired) electrons. The number of alkyl halides is 5. The molecule has 2 aromatic carbocycles. The number of para-hydroxylation sites is 2. The maximum absolute atomic E-state index is 13.5. The summed E-state index contributed by atoms with van der Waals surface area (Å²) in [6.45, 7) is -2.95. The van der Waals surface area contributed by atoms with Gasteiger partial charge in [0.2, 0.25) is 5.82 Å². The van der Waals surface area contributed by atoms with E-state index in [2.05, 4.69) is 25.0 Å². The lowest BCUT2D eigenvalue weighted by atomic mass is 10.3. The molecule has 0 spiro atoms. The fraction of sp³-hybridized carbons (Fsp3) is 0.105. The molecule has 0 amide bonds. The minimum Gasteiger partial charge on any atom is -0.435 e. The standard InChI is InChI=1S/C19H12F5N5O/c20-18(21)30-12-7-5-11(6-8-12)26-15-9-25-10-16(28-15)29-14-4-2-1-3-13(14)27-17(29)19(22,23)24/h1-10,18H,(H,26,28). The Hall–Kier alpha value is -3.76. The van der Waals surface area contributed by atoms with Crippen LogP contribution in [0.2, 0.25) is 0 Å². The highest BCUT2D eigenvalue weighted by Crippen LogP contribution is 2.33. The summed E-state index contributed by atoms with van der Waals surface area (Å²) in [4.78, 5) is 11.8. The van der Waals surface area contributed by atoms with Crippen molar-refractivity contribution in [3.63, 3.8) is 0 Å². The van der Waals surface area contributed by atoms with Crippen molar-refractivity contribution in [2.24, 2.45) is 0 Å². The van der Waals surface area contributed by atoms with Crippen molar-refractivity contribution in [3.8, 4) is 11.6 Å². The first-order valence-electron chi connectivity index (χ1n) is 8.50. The van der Waals surface area contributed by atoms with Gasteiger partial charge in [-0.25, -0.2) is 9.97 Å². The summed E-state index contributed by atoms with van der Waals surface area (Å²) >= 11 is 0. The summed E-state index contributed by atoms with van der Waals surface area (Å²) in [5, 5.41) is 2.86. The predicted octanol–water partition coefficient (Wildman–Crippen LogP) is 5.18. The molecule has 6 nitrogen and oxygen atoms in total. The van der Waals surface area contributed by atoms with Crippen LogP contribution in [0, 0.1) is 0 Å². The van der Waals surface area contributed by atoms with Gasteiger partial charge in [-0.15, -0.1) is 0 Å². The van der Waals surface area contributed by atoms with Gasteiger partial charge in [0.15, 0.2) is 11.6 Å². The van der Waals surface area contributed by atoms with Crippen LogP contribution in [0.5, 0.6) is 5.75 Å². The van der Waals surface area contributed by atoms with Gasteiger partial charge < -0.3 is 10.1 Å². The second-order valence-corrected chi connectivity index (χ2v) is 6.05. The summed E-state index contributed by atoms with van der Waals surface area (Å²) in [5.74, 6) is -1.08. The van der Waals surface area contributed by atoms with Crippen LogP contribution in [0.15, 0.2) is 60.9 Å². The number of halogens is 5. The Morgan fingerprint density at radius 1 is 0.933 bits per heavy atom. The lowest BCUT2D eigenvalue weighted by molar-refractivity contribution is -0.145. The van der Waals surface area contributed by atoms with E-state index in [1.165, 1.54) is 48.8 Å². The number of aromatic nitrogens is 4. The Labute approximate surface area is 166 Å². The third kappa shape index (κ3) is 4.00. The molecule has 2 aromatic heterocycles. The van der Waals surface area contributed by atoms with E-state index in [4.69, 9.17) is 0 Å². The van der Waals surface area contributed by atoms with Gasteiger partial charge >= 0.3 is 12.8 Å². The van der Waals surface area contributed by atoms with Crippen LogP contribution in [-0.2, 0) is 6.18 Å². The fourth-order valence-corrected chi connectivity index (χ4v) is 2.84. The zero-order chi connectivity index (χ0) is 21.3. The topological polar surface area (TPSA) is 64.9 Å². The minimum absolute atomic E-state index is 0.0323. The third-order valence-electron chi connectivity index (χ3n) is 4.02. The zero-order valence-electron chi connectivity index (χ0n) is 14.9. The van der Waals surface area contributed by atoms with E-state index in [1.807, 2.05) is 0 Å². The zero-order valence-corrected chi connectivity index (χ0v) is 14.9. The van der Waals surface area contributed by atoms with Crippen molar-refractivity contribution in [2.75, 3.05) is 5.32 Å². The molecule has 0 saturated heterocycles. The Bertz CT molecular complexity index is 1170. The van der Waals surface area contributed by atoms with Gasteiger partial charge in [0.05, 0.1) is 23.4 Å². The van der Waals surface area contributed by atoms with E-state index in [1.54, 1.807) is 12.1 Å². The number of nitrogens with zero attached hydrogens (tertiary/aromatic N) is 4. The summed E-state index contributed by atoms with van der Waals surface area (Å²) in [6.07, 6.45) is -2.20. The molecular weight excluding hydrogens is 409 g/mol. The van der Waals surface area contributed by atoms with Crippen molar-refractivity contribution in [2.45, 2.75) is 12.8 Å². The van der Waals surface area contributed by atoms with E-state index in [-0.39, 0.29) is 28.4 Å². The maximum Gasteiger partial charge on any atom is 0.450 e. The van der Waals surface area contributed by atoms with E-state index in [0.29, 0.717) is 5.69 Å².